The van der Waals surface area contributed by atoms with E-state index in [1.54, 1.807) is 0 Å². The van der Waals surface area contributed by atoms with E-state index in [2.05, 4.69) is 24.2 Å². The molecule has 1 aromatic heterocycles. The fraction of sp³-hybridized carbons (Fsp3) is 0.417. The van der Waals surface area contributed by atoms with Gasteiger partial charge < -0.3 is 4.52 Å². The average Bonchev–Trinajstić information content (AvgIpc) is 2.57. The van der Waals surface area contributed by atoms with Gasteiger partial charge in [-0.1, -0.05) is 24.6 Å². The summed E-state index contributed by atoms with van der Waals surface area (Å²) in [5, 5.41) is 5.09. The predicted octanol–water partition coefficient (Wildman–Crippen LogP) is 3.48. The van der Waals surface area contributed by atoms with Gasteiger partial charge in [0.05, 0.1) is 5.69 Å². The molecule has 0 bridgehead atoms. The summed E-state index contributed by atoms with van der Waals surface area (Å²) in [5.74, 6) is 0. The Labute approximate surface area is 83.9 Å². The Balaban J connectivity index is 2.34. The molecule has 0 N–H and O–H groups in total. The van der Waals surface area contributed by atoms with Crippen molar-refractivity contribution in [3.8, 4) is 0 Å². The quantitative estimate of drug-likeness (QED) is 0.738. The molecule has 74 valence electrons. The van der Waals surface area contributed by atoms with Gasteiger partial charge >= 0.3 is 0 Å². The number of hydrogen-bond acceptors (Lipinski definition) is 2. The van der Waals surface area contributed by atoms with Crippen LogP contribution in [-0.4, -0.2) is 5.16 Å². The first kappa shape index (κ1) is 9.25. The van der Waals surface area contributed by atoms with Crippen LogP contribution in [0.3, 0.4) is 0 Å². The number of fused-ring (bicyclic) bond motifs is 1. The van der Waals surface area contributed by atoms with Gasteiger partial charge in [-0.05, 0) is 37.5 Å². The van der Waals surface area contributed by atoms with Crippen LogP contribution in [0.5, 0.6) is 0 Å². The summed E-state index contributed by atoms with van der Waals surface area (Å²) in [6.45, 7) is 4.19. The average molecular weight is 189 g/mol. The maximum atomic E-state index is 5.16. The lowest BCUT2D eigenvalue weighted by molar-refractivity contribution is 0.450. The molecular formula is C12H15NO. The normalized spacial score (nSPS) is 11.0. The van der Waals surface area contributed by atoms with Crippen molar-refractivity contribution in [1.29, 1.82) is 0 Å². The van der Waals surface area contributed by atoms with E-state index in [9.17, 15) is 0 Å². The third kappa shape index (κ3) is 1.65. The Morgan fingerprint density at radius 1 is 1.36 bits per heavy atom. The molecule has 2 rings (SSSR count). The van der Waals surface area contributed by atoms with Crippen LogP contribution in [0.4, 0.5) is 0 Å². The van der Waals surface area contributed by atoms with Crippen molar-refractivity contribution in [3.63, 3.8) is 0 Å². The Bertz CT molecular complexity index is 431. The summed E-state index contributed by atoms with van der Waals surface area (Å²) in [6, 6.07) is 6.33. The lowest BCUT2D eigenvalue weighted by Gasteiger charge is -1.98. The second kappa shape index (κ2) is 3.82. The molecule has 0 atom stereocenters. The molecule has 0 amide bonds. The first-order chi connectivity index (χ1) is 6.81. The molecule has 14 heavy (non-hydrogen) atoms. The van der Waals surface area contributed by atoms with Crippen LogP contribution < -0.4 is 0 Å². The predicted molar refractivity (Wildman–Crippen MR) is 57.4 cm³/mol. The van der Waals surface area contributed by atoms with Crippen LogP contribution in [0.15, 0.2) is 22.7 Å². The summed E-state index contributed by atoms with van der Waals surface area (Å²) in [6.07, 6.45) is 3.63. The fourth-order valence-corrected chi connectivity index (χ4v) is 1.64. The fourth-order valence-electron chi connectivity index (χ4n) is 1.64. The summed E-state index contributed by atoms with van der Waals surface area (Å²) in [4.78, 5) is 0. The highest BCUT2D eigenvalue weighted by Gasteiger charge is 2.04. The van der Waals surface area contributed by atoms with Crippen LogP contribution in [0.1, 0.15) is 31.0 Å². The van der Waals surface area contributed by atoms with E-state index in [4.69, 9.17) is 4.52 Å². The number of aromatic nitrogens is 1. The van der Waals surface area contributed by atoms with Crippen LogP contribution in [0, 0.1) is 6.92 Å². The van der Waals surface area contributed by atoms with Crippen LogP contribution in [0.2, 0.25) is 0 Å². The van der Waals surface area contributed by atoms with E-state index >= 15 is 0 Å². The van der Waals surface area contributed by atoms with Crippen LogP contribution in [0.25, 0.3) is 11.0 Å². The number of unbranched alkanes of at least 4 members (excludes halogenated alkanes) is 1. The van der Waals surface area contributed by atoms with E-state index < -0.39 is 0 Å². The topological polar surface area (TPSA) is 26.0 Å². The van der Waals surface area contributed by atoms with Crippen molar-refractivity contribution in [2.75, 3.05) is 0 Å². The molecular weight excluding hydrogens is 174 g/mol. The zero-order chi connectivity index (χ0) is 9.97. The molecule has 2 heteroatoms. The summed E-state index contributed by atoms with van der Waals surface area (Å²) in [5.41, 5.74) is 3.26. The van der Waals surface area contributed by atoms with Gasteiger partial charge in [0.2, 0.25) is 0 Å². The summed E-state index contributed by atoms with van der Waals surface area (Å²) in [7, 11) is 0. The zero-order valence-corrected chi connectivity index (χ0v) is 8.71. The SMILES string of the molecule is CCCCc1ccc2onc(C)c2c1. The highest BCUT2D eigenvalue weighted by atomic mass is 16.5. The maximum absolute atomic E-state index is 5.16. The monoisotopic (exact) mass is 189 g/mol. The minimum atomic E-state index is 0.891. The van der Waals surface area contributed by atoms with E-state index in [1.165, 1.54) is 18.4 Å². The third-order valence-electron chi connectivity index (χ3n) is 2.53. The van der Waals surface area contributed by atoms with Crippen molar-refractivity contribution in [3.05, 3.63) is 29.5 Å². The second-order valence-corrected chi connectivity index (χ2v) is 3.70. The van der Waals surface area contributed by atoms with Crippen molar-refractivity contribution >= 4 is 11.0 Å². The molecule has 1 aromatic carbocycles. The standard InChI is InChI=1S/C12H15NO/c1-3-4-5-10-6-7-12-11(8-10)9(2)13-14-12/h6-8H,3-5H2,1-2H3. The Morgan fingerprint density at radius 3 is 3.00 bits per heavy atom. The largest absolute Gasteiger partial charge is 0.356 e. The van der Waals surface area contributed by atoms with Crippen molar-refractivity contribution < 1.29 is 4.52 Å². The van der Waals surface area contributed by atoms with Gasteiger partial charge in [-0.3, -0.25) is 0 Å². The molecule has 0 fully saturated rings. The van der Waals surface area contributed by atoms with Crippen molar-refractivity contribution in [2.45, 2.75) is 33.1 Å². The maximum Gasteiger partial charge on any atom is 0.167 e. The van der Waals surface area contributed by atoms with Gasteiger partial charge in [-0.25, -0.2) is 0 Å². The first-order valence-electron chi connectivity index (χ1n) is 5.16. The number of hydrogen-bond donors (Lipinski definition) is 0. The molecule has 2 aromatic rings. The second-order valence-electron chi connectivity index (χ2n) is 3.70. The molecule has 0 unspecified atom stereocenters. The number of aryl methyl sites for hydroxylation is 2. The molecule has 0 radical (unpaired) electrons. The first-order valence-corrected chi connectivity index (χ1v) is 5.16. The third-order valence-corrected chi connectivity index (χ3v) is 2.53. The van der Waals surface area contributed by atoms with Gasteiger partial charge in [0.15, 0.2) is 5.58 Å². The van der Waals surface area contributed by atoms with Crippen LogP contribution >= 0.6 is 0 Å². The van der Waals surface area contributed by atoms with Gasteiger partial charge in [-0.2, -0.15) is 0 Å². The molecule has 1 heterocycles. The van der Waals surface area contributed by atoms with E-state index in [0.717, 1.165) is 23.1 Å². The molecule has 0 aliphatic heterocycles. The highest BCUT2D eigenvalue weighted by molar-refractivity contribution is 5.79. The van der Waals surface area contributed by atoms with Crippen molar-refractivity contribution in [1.82, 2.24) is 5.16 Å². The Kier molecular flexibility index (Phi) is 2.53. The molecule has 2 nitrogen and oxygen atoms in total. The van der Waals surface area contributed by atoms with Gasteiger partial charge in [0.1, 0.15) is 0 Å². The number of nitrogens with zero attached hydrogens (tertiary/aromatic N) is 1. The minimum Gasteiger partial charge on any atom is -0.356 e. The van der Waals surface area contributed by atoms with Crippen molar-refractivity contribution in [2.24, 2.45) is 0 Å². The summed E-state index contributed by atoms with van der Waals surface area (Å²) >= 11 is 0. The van der Waals surface area contributed by atoms with E-state index in [0.29, 0.717) is 0 Å². The highest BCUT2D eigenvalue weighted by Crippen LogP contribution is 2.20. The minimum absolute atomic E-state index is 0.891. The molecule has 0 aliphatic rings. The van der Waals surface area contributed by atoms with Crippen LogP contribution in [-0.2, 0) is 6.42 Å². The molecule has 0 saturated heterocycles. The summed E-state index contributed by atoms with van der Waals surface area (Å²) < 4.78 is 5.16. The molecule has 0 spiro atoms. The smallest absolute Gasteiger partial charge is 0.167 e. The van der Waals surface area contributed by atoms with E-state index in [1.807, 2.05) is 13.0 Å². The van der Waals surface area contributed by atoms with Gasteiger partial charge in [-0.15, -0.1) is 0 Å². The lowest BCUT2D eigenvalue weighted by Crippen LogP contribution is -1.83. The Hall–Kier alpha value is -1.31. The number of rotatable bonds is 3. The van der Waals surface area contributed by atoms with E-state index in [-0.39, 0.29) is 0 Å². The lowest BCUT2D eigenvalue weighted by atomic mass is 10.1. The number of benzene rings is 1. The zero-order valence-electron chi connectivity index (χ0n) is 8.71. The van der Waals surface area contributed by atoms with Gasteiger partial charge in [0.25, 0.3) is 0 Å². The molecule has 0 aliphatic carbocycles. The van der Waals surface area contributed by atoms with Gasteiger partial charge in [0, 0.05) is 5.39 Å². The Morgan fingerprint density at radius 2 is 2.21 bits per heavy atom. The molecule has 0 saturated carbocycles.